The average Bonchev–Trinajstić information content (AvgIpc) is 3.09. The molecule has 3 aromatic heterocycles. The molecule has 3 rings (SSSR count). The van der Waals surface area contributed by atoms with Crippen LogP contribution in [0.4, 0.5) is 5.82 Å². The highest BCUT2D eigenvalue weighted by Crippen LogP contribution is 2.26. The Morgan fingerprint density at radius 3 is 2.84 bits per heavy atom. The second kappa shape index (κ2) is 4.81. The Hall–Kier alpha value is -2.21. The molecular weight excluding hydrogens is 258 g/mol. The van der Waals surface area contributed by atoms with Crippen molar-refractivity contribution in [2.45, 2.75) is 0 Å². The molecular formula is C13H13N5S. The lowest BCUT2D eigenvalue weighted by molar-refractivity contribution is 0.768. The highest BCUT2D eigenvalue weighted by Gasteiger charge is 2.09. The molecule has 0 radical (unpaired) electrons. The Kier molecular flexibility index (Phi) is 3.00. The Labute approximate surface area is 115 Å². The number of hydrogen-bond acceptors (Lipinski definition) is 5. The highest BCUT2D eigenvalue weighted by atomic mass is 32.1. The Balaban J connectivity index is 2.12. The van der Waals surface area contributed by atoms with Gasteiger partial charge in [-0.15, -0.1) is 11.3 Å². The van der Waals surface area contributed by atoms with E-state index in [0.717, 1.165) is 27.8 Å². The van der Waals surface area contributed by atoms with Crippen LogP contribution in [-0.2, 0) is 7.05 Å². The smallest absolute Gasteiger partial charge is 0.172 e. The van der Waals surface area contributed by atoms with Gasteiger partial charge >= 0.3 is 0 Å². The Bertz CT molecular complexity index is 687. The number of nitrogens with one attached hydrogen (secondary N) is 1. The number of aromatic nitrogens is 4. The van der Waals surface area contributed by atoms with Gasteiger partial charge in [-0.1, -0.05) is 6.07 Å². The quantitative estimate of drug-likeness (QED) is 0.795. The van der Waals surface area contributed by atoms with Gasteiger partial charge in [0.05, 0.1) is 16.8 Å². The van der Waals surface area contributed by atoms with E-state index in [2.05, 4.69) is 20.4 Å². The molecule has 0 aliphatic heterocycles. The van der Waals surface area contributed by atoms with Crippen molar-refractivity contribution in [3.8, 4) is 22.0 Å². The third kappa shape index (κ3) is 2.34. The van der Waals surface area contributed by atoms with Crippen molar-refractivity contribution in [3.63, 3.8) is 0 Å². The summed E-state index contributed by atoms with van der Waals surface area (Å²) in [6.07, 6.45) is 3.75. The summed E-state index contributed by atoms with van der Waals surface area (Å²) in [6.45, 7) is 0. The van der Waals surface area contributed by atoms with Crippen LogP contribution < -0.4 is 5.32 Å². The fourth-order valence-electron chi connectivity index (χ4n) is 1.79. The summed E-state index contributed by atoms with van der Waals surface area (Å²) in [6, 6.07) is 5.94. The van der Waals surface area contributed by atoms with Crippen LogP contribution in [0.2, 0.25) is 0 Å². The zero-order chi connectivity index (χ0) is 13.2. The zero-order valence-electron chi connectivity index (χ0n) is 10.7. The molecule has 0 bridgehead atoms. The van der Waals surface area contributed by atoms with E-state index in [-0.39, 0.29) is 0 Å². The summed E-state index contributed by atoms with van der Waals surface area (Å²) in [4.78, 5) is 10.2. The first-order valence-corrected chi connectivity index (χ1v) is 6.74. The normalized spacial score (nSPS) is 10.6. The molecule has 0 fully saturated rings. The van der Waals surface area contributed by atoms with Gasteiger partial charge in [-0.25, -0.2) is 9.97 Å². The monoisotopic (exact) mass is 271 g/mol. The SMILES string of the molecule is CNc1cc(-c2cnn(C)c2)nc(-c2cccs2)n1. The second-order valence-electron chi connectivity index (χ2n) is 4.09. The van der Waals surface area contributed by atoms with E-state index in [9.17, 15) is 0 Å². The summed E-state index contributed by atoms with van der Waals surface area (Å²) < 4.78 is 1.77. The van der Waals surface area contributed by atoms with Gasteiger partial charge in [0.25, 0.3) is 0 Å². The molecule has 0 unspecified atom stereocenters. The lowest BCUT2D eigenvalue weighted by Crippen LogP contribution is -1.97. The summed E-state index contributed by atoms with van der Waals surface area (Å²) in [5, 5.41) is 9.27. The molecule has 5 nitrogen and oxygen atoms in total. The second-order valence-corrected chi connectivity index (χ2v) is 5.04. The molecule has 0 spiro atoms. The summed E-state index contributed by atoms with van der Waals surface area (Å²) >= 11 is 1.63. The zero-order valence-corrected chi connectivity index (χ0v) is 11.5. The third-order valence-electron chi connectivity index (χ3n) is 2.72. The third-order valence-corrected chi connectivity index (χ3v) is 3.59. The molecule has 0 aliphatic carbocycles. The van der Waals surface area contributed by atoms with Crippen LogP contribution in [0, 0.1) is 0 Å². The first kappa shape index (κ1) is 11.9. The molecule has 1 N–H and O–H groups in total. The first-order valence-electron chi connectivity index (χ1n) is 5.86. The van der Waals surface area contributed by atoms with E-state index in [1.165, 1.54) is 0 Å². The molecule has 0 saturated carbocycles. The van der Waals surface area contributed by atoms with Gasteiger partial charge in [0.15, 0.2) is 5.82 Å². The lowest BCUT2D eigenvalue weighted by Gasteiger charge is -2.05. The molecule has 3 heterocycles. The first-order chi connectivity index (χ1) is 9.26. The Morgan fingerprint density at radius 1 is 1.32 bits per heavy atom. The number of nitrogens with zero attached hydrogens (tertiary/aromatic N) is 4. The minimum absolute atomic E-state index is 0.737. The minimum atomic E-state index is 0.737. The van der Waals surface area contributed by atoms with Gasteiger partial charge in [-0.2, -0.15) is 5.10 Å². The molecule has 0 saturated heterocycles. The largest absolute Gasteiger partial charge is 0.373 e. The van der Waals surface area contributed by atoms with Crippen molar-refractivity contribution in [1.82, 2.24) is 19.7 Å². The van der Waals surface area contributed by atoms with Crippen molar-refractivity contribution in [2.75, 3.05) is 12.4 Å². The van der Waals surface area contributed by atoms with E-state index in [1.54, 1.807) is 22.2 Å². The van der Waals surface area contributed by atoms with Crippen LogP contribution >= 0.6 is 11.3 Å². The van der Waals surface area contributed by atoms with Crippen molar-refractivity contribution < 1.29 is 0 Å². The van der Waals surface area contributed by atoms with E-state index >= 15 is 0 Å². The van der Waals surface area contributed by atoms with Gasteiger partial charge < -0.3 is 5.32 Å². The standard InChI is InChI=1S/C13H13N5S/c1-14-12-6-10(9-7-15-18(2)8-9)16-13(17-12)11-4-3-5-19-11/h3-8H,1-2H3,(H,14,16,17). The summed E-state index contributed by atoms with van der Waals surface area (Å²) in [5.74, 6) is 1.54. The number of aryl methyl sites for hydroxylation is 1. The maximum absolute atomic E-state index is 4.61. The Morgan fingerprint density at radius 2 is 2.21 bits per heavy atom. The van der Waals surface area contributed by atoms with Crippen molar-refractivity contribution >= 4 is 17.2 Å². The number of thiophene rings is 1. The van der Waals surface area contributed by atoms with Gasteiger partial charge in [0.2, 0.25) is 0 Å². The molecule has 19 heavy (non-hydrogen) atoms. The van der Waals surface area contributed by atoms with Crippen molar-refractivity contribution in [3.05, 3.63) is 36.0 Å². The van der Waals surface area contributed by atoms with Gasteiger partial charge in [-0.3, -0.25) is 4.68 Å². The number of hydrogen-bond donors (Lipinski definition) is 1. The highest BCUT2D eigenvalue weighted by molar-refractivity contribution is 7.13. The molecule has 96 valence electrons. The fraction of sp³-hybridized carbons (Fsp3) is 0.154. The minimum Gasteiger partial charge on any atom is -0.373 e. The summed E-state index contributed by atoms with van der Waals surface area (Å²) in [5.41, 5.74) is 1.86. The maximum atomic E-state index is 4.61. The number of anilines is 1. The molecule has 0 amide bonds. The van der Waals surface area contributed by atoms with E-state index < -0.39 is 0 Å². The van der Waals surface area contributed by atoms with Crippen LogP contribution in [0.15, 0.2) is 36.0 Å². The van der Waals surface area contributed by atoms with Crippen molar-refractivity contribution in [2.24, 2.45) is 7.05 Å². The van der Waals surface area contributed by atoms with Crippen LogP contribution in [-0.4, -0.2) is 26.8 Å². The van der Waals surface area contributed by atoms with Crippen LogP contribution in [0.3, 0.4) is 0 Å². The van der Waals surface area contributed by atoms with Gasteiger partial charge in [-0.05, 0) is 11.4 Å². The lowest BCUT2D eigenvalue weighted by atomic mass is 10.2. The van der Waals surface area contributed by atoms with Crippen LogP contribution in [0.5, 0.6) is 0 Å². The predicted molar refractivity (Wildman–Crippen MR) is 77.1 cm³/mol. The molecule has 0 atom stereocenters. The average molecular weight is 271 g/mol. The summed E-state index contributed by atoms with van der Waals surface area (Å²) in [7, 11) is 3.75. The maximum Gasteiger partial charge on any atom is 0.172 e. The van der Waals surface area contributed by atoms with E-state index in [0.29, 0.717) is 0 Å². The molecule has 6 heteroatoms. The van der Waals surface area contributed by atoms with E-state index in [4.69, 9.17) is 0 Å². The topological polar surface area (TPSA) is 55.6 Å². The van der Waals surface area contributed by atoms with Gasteiger partial charge in [0.1, 0.15) is 5.82 Å². The predicted octanol–water partition coefficient (Wildman–Crippen LogP) is 2.65. The molecule has 0 aliphatic rings. The van der Waals surface area contributed by atoms with Gasteiger partial charge in [0, 0.05) is 31.9 Å². The molecule has 3 aromatic rings. The van der Waals surface area contributed by atoms with E-state index in [1.807, 2.05) is 43.9 Å². The molecule has 0 aromatic carbocycles. The number of rotatable bonds is 3. The van der Waals surface area contributed by atoms with Crippen LogP contribution in [0.1, 0.15) is 0 Å². The van der Waals surface area contributed by atoms with Crippen molar-refractivity contribution in [1.29, 1.82) is 0 Å². The fourth-order valence-corrected chi connectivity index (χ4v) is 2.45. The van der Waals surface area contributed by atoms with Crippen LogP contribution in [0.25, 0.3) is 22.0 Å².